The van der Waals surface area contributed by atoms with Gasteiger partial charge in [0.25, 0.3) is 0 Å². The van der Waals surface area contributed by atoms with Crippen LogP contribution in [0.5, 0.6) is 0 Å². The van der Waals surface area contributed by atoms with Gasteiger partial charge in [0.1, 0.15) is 6.33 Å². The maximum absolute atomic E-state index is 12.0. The Morgan fingerprint density at radius 3 is 2.50 bits per heavy atom. The molecule has 0 spiro atoms. The molecule has 0 saturated heterocycles. The van der Waals surface area contributed by atoms with Crippen molar-refractivity contribution in [2.75, 3.05) is 0 Å². The highest BCUT2D eigenvalue weighted by Gasteiger charge is 2.30. The van der Waals surface area contributed by atoms with Crippen molar-refractivity contribution in [2.45, 2.75) is 44.1 Å². The predicted octanol–water partition coefficient (Wildman–Crippen LogP) is 1.71. The van der Waals surface area contributed by atoms with E-state index < -0.39 is 0 Å². The maximum atomic E-state index is 12.0. The van der Waals surface area contributed by atoms with Gasteiger partial charge in [-0.05, 0) is 12.8 Å². The van der Waals surface area contributed by atoms with E-state index in [0.717, 1.165) is 25.7 Å². The summed E-state index contributed by atoms with van der Waals surface area (Å²) < 4.78 is 0. The minimum atomic E-state index is -0.300. The molecule has 0 radical (unpaired) electrons. The van der Waals surface area contributed by atoms with Crippen LogP contribution in [0, 0.1) is 0 Å². The third-order valence-electron chi connectivity index (χ3n) is 3.24. The summed E-state index contributed by atoms with van der Waals surface area (Å²) in [6, 6.07) is 0. The summed E-state index contributed by atoms with van der Waals surface area (Å²) in [6.45, 7) is 0. The first-order valence-corrected chi connectivity index (χ1v) is 5.77. The maximum Gasteiger partial charge on any atom is 0.167 e. The molecule has 86 valence electrons. The number of hydrogen-bond acceptors (Lipinski definition) is 4. The van der Waals surface area contributed by atoms with Gasteiger partial charge in [0.15, 0.2) is 5.78 Å². The summed E-state index contributed by atoms with van der Waals surface area (Å²) in [4.78, 5) is 19.7. The Morgan fingerprint density at radius 1 is 1.25 bits per heavy atom. The smallest absolute Gasteiger partial charge is 0.167 e. The lowest BCUT2D eigenvalue weighted by atomic mass is 9.78. The summed E-state index contributed by atoms with van der Waals surface area (Å²) in [7, 11) is 0. The normalized spacial score (nSPS) is 19.3. The Hall–Kier alpha value is -1.29. The molecule has 1 aromatic heterocycles. The molecule has 0 unspecified atom stereocenters. The highest BCUT2D eigenvalue weighted by atomic mass is 16.1. The number of carbonyl (C=O) groups is 1. The molecule has 0 atom stereocenters. The molecule has 0 aliphatic heterocycles. The van der Waals surface area contributed by atoms with Crippen molar-refractivity contribution in [3.8, 4) is 0 Å². The Kier molecular flexibility index (Phi) is 3.29. The Morgan fingerprint density at radius 2 is 1.88 bits per heavy atom. The lowest BCUT2D eigenvalue weighted by Crippen LogP contribution is -2.43. The Balaban J connectivity index is 2.01. The van der Waals surface area contributed by atoms with Gasteiger partial charge in [-0.2, -0.15) is 0 Å². The fraction of sp³-hybridized carbons (Fsp3) is 0.583. The van der Waals surface area contributed by atoms with Gasteiger partial charge in [-0.25, -0.2) is 9.97 Å². The van der Waals surface area contributed by atoms with E-state index in [0.29, 0.717) is 12.0 Å². The first-order chi connectivity index (χ1) is 7.70. The van der Waals surface area contributed by atoms with Gasteiger partial charge in [-0.3, -0.25) is 4.79 Å². The fourth-order valence-corrected chi connectivity index (χ4v) is 2.30. The summed E-state index contributed by atoms with van der Waals surface area (Å²) in [5, 5.41) is 0. The first-order valence-electron chi connectivity index (χ1n) is 5.77. The molecule has 2 rings (SSSR count). The number of ketones is 1. The Bertz CT molecular complexity index is 358. The molecule has 4 heteroatoms. The third-order valence-corrected chi connectivity index (χ3v) is 3.24. The van der Waals surface area contributed by atoms with Crippen molar-refractivity contribution in [1.29, 1.82) is 0 Å². The highest BCUT2D eigenvalue weighted by Crippen LogP contribution is 2.29. The molecule has 1 aromatic rings. The van der Waals surface area contributed by atoms with E-state index in [2.05, 4.69) is 9.97 Å². The van der Waals surface area contributed by atoms with Crippen LogP contribution in [0.15, 0.2) is 18.7 Å². The lowest BCUT2D eigenvalue weighted by molar-refractivity contribution is 0.0934. The van der Waals surface area contributed by atoms with Gasteiger partial charge in [-0.15, -0.1) is 0 Å². The largest absolute Gasteiger partial charge is 0.325 e. The summed E-state index contributed by atoms with van der Waals surface area (Å²) in [5.41, 5.74) is 6.50. The first kappa shape index (κ1) is 11.2. The summed E-state index contributed by atoms with van der Waals surface area (Å²) in [5.74, 6) is 0.0602. The molecule has 0 aromatic carbocycles. The van der Waals surface area contributed by atoms with Crippen molar-refractivity contribution < 1.29 is 4.79 Å². The molecule has 1 saturated carbocycles. The van der Waals surface area contributed by atoms with Crippen LogP contribution < -0.4 is 5.73 Å². The molecule has 0 amide bonds. The van der Waals surface area contributed by atoms with Crippen molar-refractivity contribution >= 4 is 5.78 Å². The quantitative estimate of drug-likeness (QED) is 0.786. The van der Waals surface area contributed by atoms with E-state index in [-0.39, 0.29) is 11.3 Å². The van der Waals surface area contributed by atoms with Crippen LogP contribution >= 0.6 is 0 Å². The van der Waals surface area contributed by atoms with Gasteiger partial charge in [-0.1, -0.05) is 19.3 Å². The molecule has 1 fully saturated rings. The number of rotatable bonds is 3. The van der Waals surface area contributed by atoms with E-state index in [4.69, 9.17) is 5.73 Å². The van der Waals surface area contributed by atoms with Crippen LogP contribution in [0.4, 0.5) is 0 Å². The van der Waals surface area contributed by atoms with Gasteiger partial charge < -0.3 is 5.73 Å². The summed E-state index contributed by atoms with van der Waals surface area (Å²) in [6.07, 6.45) is 10.4. The monoisotopic (exact) mass is 219 g/mol. The summed E-state index contributed by atoms with van der Waals surface area (Å²) >= 11 is 0. The van der Waals surface area contributed by atoms with E-state index >= 15 is 0 Å². The third kappa shape index (κ3) is 2.64. The van der Waals surface area contributed by atoms with E-state index in [1.165, 1.54) is 12.7 Å². The molecule has 16 heavy (non-hydrogen) atoms. The zero-order valence-corrected chi connectivity index (χ0v) is 9.35. The van der Waals surface area contributed by atoms with Crippen LogP contribution in [0.3, 0.4) is 0 Å². The van der Waals surface area contributed by atoms with Crippen molar-refractivity contribution in [3.63, 3.8) is 0 Å². The number of carbonyl (C=O) groups excluding carboxylic acids is 1. The number of hydrogen-bond donors (Lipinski definition) is 1. The zero-order valence-electron chi connectivity index (χ0n) is 9.35. The predicted molar refractivity (Wildman–Crippen MR) is 61.0 cm³/mol. The highest BCUT2D eigenvalue weighted by molar-refractivity contribution is 5.96. The topological polar surface area (TPSA) is 68.9 Å². The van der Waals surface area contributed by atoms with Crippen LogP contribution in [-0.2, 0) is 0 Å². The molecule has 2 N–H and O–H groups in total. The molecule has 1 aliphatic rings. The SMILES string of the molecule is NC1(CC(=O)c2cncnc2)CCCCC1. The van der Waals surface area contributed by atoms with Crippen molar-refractivity contribution in [1.82, 2.24) is 9.97 Å². The average molecular weight is 219 g/mol. The second kappa shape index (κ2) is 4.70. The minimum absolute atomic E-state index is 0.0602. The van der Waals surface area contributed by atoms with Gasteiger partial charge >= 0.3 is 0 Å². The number of nitrogens with two attached hydrogens (primary N) is 1. The van der Waals surface area contributed by atoms with Crippen LogP contribution in [0.25, 0.3) is 0 Å². The van der Waals surface area contributed by atoms with E-state index in [1.807, 2.05) is 0 Å². The standard InChI is InChI=1S/C12H17N3O/c13-12(4-2-1-3-5-12)6-11(16)10-7-14-9-15-8-10/h7-9H,1-6,13H2. The molecule has 1 aliphatic carbocycles. The van der Waals surface area contributed by atoms with Gasteiger partial charge in [0.05, 0.1) is 5.56 Å². The molecule has 0 bridgehead atoms. The van der Waals surface area contributed by atoms with E-state index in [1.54, 1.807) is 12.4 Å². The van der Waals surface area contributed by atoms with Crippen LogP contribution in [-0.4, -0.2) is 21.3 Å². The second-order valence-electron chi connectivity index (χ2n) is 4.65. The molecular formula is C12H17N3O. The number of aromatic nitrogens is 2. The molecular weight excluding hydrogens is 202 g/mol. The van der Waals surface area contributed by atoms with Gasteiger partial charge in [0.2, 0.25) is 0 Å². The van der Waals surface area contributed by atoms with E-state index in [9.17, 15) is 4.79 Å². The molecule has 1 heterocycles. The van der Waals surface area contributed by atoms with Crippen LogP contribution in [0.2, 0.25) is 0 Å². The van der Waals surface area contributed by atoms with Gasteiger partial charge in [0, 0.05) is 24.4 Å². The second-order valence-corrected chi connectivity index (χ2v) is 4.65. The molecule has 4 nitrogen and oxygen atoms in total. The van der Waals surface area contributed by atoms with Crippen molar-refractivity contribution in [2.24, 2.45) is 5.73 Å². The van der Waals surface area contributed by atoms with Crippen molar-refractivity contribution in [3.05, 3.63) is 24.3 Å². The average Bonchev–Trinajstić information content (AvgIpc) is 2.30. The Labute approximate surface area is 95.3 Å². The van der Waals surface area contributed by atoms with Crippen LogP contribution in [0.1, 0.15) is 48.9 Å². The lowest BCUT2D eigenvalue weighted by Gasteiger charge is -2.32. The number of Topliss-reactive ketones (excluding diaryl/α,β-unsaturated/α-hetero) is 1. The fourth-order valence-electron chi connectivity index (χ4n) is 2.30. The zero-order chi connectivity index (χ0) is 11.4. The number of nitrogens with zero attached hydrogens (tertiary/aromatic N) is 2. The minimum Gasteiger partial charge on any atom is -0.325 e.